The SMILES string of the molecule is CCn1c(SCC(=O)N[C@@H]2CCCC[C@@H]2C)nnc1[C@@H](NC(=O)c1ccccc1)C(C)C. The number of benzene rings is 1. The smallest absolute Gasteiger partial charge is 0.251 e. The number of hydrogen-bond donors (Lipinski definition) is 2. The van der Waals surface area contributed by atoms with Gasteiger partial charge in [-0.1, -0.05) is 63.6 Å². The van der Waals surface area contributed by atoms with Crippen molar-refractivity contribution < 1.29 is 9.59 Å². The van der Waals surface area contributed by atoms with Crippen LogP contribution in [0.5, 0.6) is 0 Å². The van der Waals surface area contributed by atoms with E-state index in [1.54, 1.807) is 12.1 Å². The molecule has 2 amide bonds. The Hall–Kier alpha value is -2.35. The van der Waals surface area contributed by atoms with E-state index in [1.165, 1.54) is 31.0 Å². The molecule has 1 saturated carbocycles. The molecule has 1 fully saturated rings. The molecule has 2 N–H and O–H groups in total. The van der Waals surface area contributed by atoms with E-state index in [1.807, 2.05) is 29.7 Å². The summed E-state index contributed by atoms with van der Waals surface area (Å²) in [6.45, 7) is 9.01. The molecule has 0 aliphatic heterocycles. The second-order valence-corrected chi connectivity index (χ2v) is 9.81. The van der Waals surface area contributed by atoms with Crippen LogP contribution in [-0.2, 0) is 11.3 Å². The average molecular weight is 458 g/mol. The number of carbonyl (C=O) groups is 2. The highest BCUT2D eigenvalue weighted by Crippen LogP contribution is 2.26. The third-order valence-corrected chi connectivity index (χ3v) is 7.09. The quantitative estimate of drug-likeness (QED) is 0.551. The van der Waals surface area contributed by atoms with Gasteiger partial charge in [0.25, 0.3) is 5.91 Å². The Balaban J connectivity index is 1.66. The van der Waals surface area contributed by atoms with Crippen molar-refractivity contribution in [1.82, 2.24) is 25.4 Å². The first-order valence-corrected chi connectivity index (χ1v) is 12.6. The zero-order valence-corrected chi connectivity index (χ0v) is 20.3. The molecule has 0 saturated heterocycles. The Morgan fingerprint density at radius 2 is 1.88 bits per heavy atom. The first-order chi connectivity index (χ1) is 15.4. The van der Waals surface area contributed by atoms with Gasteiger partial charge < -0.3 is 15.2 Å². The van der Waals surface area contributed by atoms with Gasteiger partial charge in [-0.2, -0.15) is 0 Å². The Morgan fingerprint density at radius 1 is 1.16 bits per heavy atom. The highest BCUT2D eigenvalue weighted by molar-refractivity contribution is 7.99. The fourth-order valence-electron chi connectivity index (χ4n) is 4.19. The lowest BCUT2D eigenvalue weighted by atomic mass is 9.86. The zero-order valence-electron chi connectivity index (χ0n) is 19.5. The molecule has 3 rings (SSSR count). The van der Waals surface area contributed by atoms with Crippen LogP contribution >= 0.6 is 11.8 Å². The maximum Gasteiger partial charge on any atom is 0.251 e. The molecule has 7 nitrogen and oxygen atoms in total. The molecule has 1 aliphatic rings. The van der Waals surface area contributed by atoms with E-state index in [-0.39, 0.29) is 29.8 Å². The van der Waals surface area contributed by atoms with Gasteiger partial charge >= 0.3 is 0 Å². The van der Waals surface area contributed by atoms with Gasteiger partial charge in [0, 0.05) is 18.2 Å². The lowest BCUT2D eigenvalue weighted by Crippen LogP contribution is -2.41. The maximum atomic E-state index is 12.7. The Kier molecular flexibility index (Phi) is 8.73. The number of thioether (sulfide) groups is 1. The van der Waals surface area contributed by atoms with E-state index in [2.05, 4.69) is 41.6 Å². The summed E-state index contributed by atoms with van der Waals surface area (Å²) in [5.41, 5.74) is 0.615. The van der Waals surface area contributed by atoms with Crippen LogP contribution in [0.3, 0.4) is 0 Å². The highest BCUT2D eigenvalue weighted by Gasteiger charge is 2.27. The van der Waals surface area contributed by atoms with E-state index in [9.17, 15) is 9.59 Å². The number of aromatic nitrogens is 3. The number of rotatable bonds is 9. The molecule has 0 unspecified atom stereocenters. The summed E-state index contributed by atoms with van der Waals surface area (Å²) < 4.78 is 2.00. The second kappa shape index (κ2) is 11.5. The molecule has 0 spiro atoms. The maximum absolute atomic E-state index is 12.7. The first kappa shape index (κ1) is 24.3. The molecule has 1 aliphatic carbocycles. The van der Waals surface area contributed by atoms with Crippen LogP contribution in [0.2, 0.25) is 0 Å². The average Bonchev–Trinajstić information content (AvgIpc) is 3.20. The largest absolute Gasteiger partial charge is 0.352 e. The second-order valence-electron chi connectivity index (χ2n) is 8.87. The molecule has 2 aromatic rings. The summed E-state index contributed by atoms with van der Waals surface area (Å²) in [7, 11) is 0. The highest BCUT2D eigenvalue weighted by atomic mass is 32.2. The van der Waals surface area contributed by atoms with Crippen LogP contribution in [-0.4, -0.2) is 38.4 Å². The van der Waals surface area contributed by atoms with Crippen molar-refractivity contribution in [2.75, 3.05) is 5.75 Å². The Labute approximate surface area is 195 Å². The summed E-state index contributed by atoms with van der Waals surface area (Å²) in [6, 6.07) is 9.17. The predicted octanol–water partition coefficient (Wildman–Crippen LogP) is 4.21. The summed E-state index contributed by atoms with van der Waals surface area (Å²) in [5, 5.41) is 15.8. The van der Waals surface area contributed by atoms with Crippen molar-refractivity contribution in [2.24, 2.45) is 11.8 Å². The summed E-state index contributed by atoms with van der Waals surface area (Å²) in [5.74, 6) is 1.60. The minimum Gasteiger partial charge on any atom is -0.352 e. The first-order valence-electron chi connectivity index (χ1n) is 11.6. The lowest BCUT2D eigenvalue weighted by Gasteiger charge is -2.29. The van der Waals surface area contributed by atoms with Crippen LogP contribution < -0.4 is 10.6 Å². The van der Waals surface area contributed by atoms with E-state index >= 15 is 0 Å². The van der Waals surface area contributed by atoms with Gasteiger partial charge in [0.15, 0.2) is 11.0 Å². The molecular formula is C24H35N5O2S. The molecule has 8 heteroatoms. The molecule has 32 heavy (non-hydrogen) atoms. The van der Waals surface area contributed by atoms with Gasteiger partial charge in [-0.25, -0.2) is 0 Å². The van der Waals surface area contributed by atoms with Crippen LogP contribution in [0.4, 0.5) is 0 Å². The monoisotopic (exact) mass is 457 g/mol. The van der Waals surface area contributed by atoms with E-state index in [4.69, 9.17) is 0 Å². The number of amides is 2. The minimum atomic E-state index is -0.276. The number of nitrogens with one attached hydrogen (secondary N) is 2. The third-order valence-electron chi connectivity index (χ3n) is 6.12. The van der Waals surface area contributed by atoms with E-state index in [0.29, 0.717) is 28.9 Å². The topological polar surface area (TPSA) is 88.9 Å². The van der Waals surface area contributed by atoms with Crippen molar-refractivity contribution in [3.8, 4) is 0 Å². The molecule has 0 bridgehead atoms. The van der Waals surface area contributed by atoms with Crippen LogP contribution in [0.1, 0.15) is 75.6 Å². The standard InChI is InChI=1S/C24H35N5O2S/c1-5-29-22(21(16(2)3)26-23(31)18-12-7-6-8-13-18)27-28-24(29)32-15-20(30)25-19-14-10-9-11-17(19)4/h6-8,12-13,16-17,19,21H,5,9-11,14-15H2,1-4H3,(H,25,30)(H,26,31)/t17-,19+,21-/m0/s1. The number of carbonyl (C=O) groups excluding carboxylic acids is 2. The molecule has 3 atom stereocenters. The van der Waals surface area contributed by atoms with Crippen molar-refractivity contribution >= 4 is 23.6 Å². The molecule has 1 aromatic carbocycles. The van der Waals surface area contributed by atoms with Gasteiger partial charge in [-0.15, -0.1) is 10.2 Å². The summed E-state index contributed by atoms with van der Waals surface area (Å²) >= 11 is 1.40. The minimum absolute atomic E-state index is 0.0405. The van der Waals surface area contributed by atoms with Gasteiger partial charge in [0.2, 0.25) is 5.91 Å². The Morgan fingerprint density at radius 3 is 2.53 bits per heavy atom. The van der Waals surface area contributed by atoms with Gasteiger partial charge in [-0.05, 0) is 43.7 Å². The third kappa shape index (κ3) is 6.12. The molecule has 1 heterocycles. The van der Waals surface area contributed by atoms with Gasteiger partial charge in [0.05, 0.1) is 11.8 Å². The fraction of sp³-hybridized carbons (Fsp3) is 0.583. The van der Waals surface area contributed by atoms with Crippen LogP contribution in [0, 0.1) is 11.8 Å². The normalized spacial score (nSPS) is 19.5. The summed E-state index contributed by atoms with van der Waals surface area (Å²) in [6.07, 6.45) is 4.67. The fourth-order valence-corrected chi connectivity index (χ4v) is 5.01. The van der Waals surface area contributed by atoms with Gasteiger partial charge in [-0.3, -0.25) is 9.59 Å². The van der Waals surface area contributed by atoms with Crippen LogP contribution in [0.15, 0.2) is 35.5 Å². The van der Waals surface area contributed by atoms with Crippen molar-refractivity contribution in [3.05, 3.63) is 41.7 Å². The number of hydrogen-bond acceptors (Lipinski definition) is 5. The summed E-state index contributed by atoms with van der Waals surface area (Å²) in [4.78, 5) is 25.3. The predicted molar refractivity (Wildman–Crippen MR) is 127 cm³/mol. The van der Waals surface area contributed by atoms with Crippen molar-refractivity contribution in [3.63, 3.8) is 0 Å². The molecular weight excluding hydrogens is 422 g/mol. The zero-order chi connectivity index (χ0) is 23.1. The van der Waals surface area contributed by atoms with Crippen LogP contribution in [0.25, 0.3) is 0 Å². The molecule has 1 aromatic heterocycles. The van der Waals surface area contributed by atoms with E-state index in [0.717, 1.165) is 12.2 Å². The molecule has 0 radical (unpaired) electrons. The lowest BCUT2D eigenvalue weighted by molar-refractivity contribution is -0.119. The van der Waals surface area contributed by atoms with E-state index < -0.39 is 0 Å². The van der Waals surface area contributed by atoms with Gasteiger partial charge in [0.1, 0.15) is 0 Å². The van der Waals surface area contributed by atoms with Crippen molar-refractivity contribution in [2.45, 2.75) is 77.2 Å². The number of nitrogens with zero attached hydrogens (tertiary/aromatic N) is 3. The Bertz CT molecular complexity index is 899. The van der Waals surface area contributed by atoms with Crippen molar-refractivity contribution in [1.29, 1.82) is 0 Å². The molecule has 174 valence electrons.